The Balaban J connectivity index is 2.08. The summed E-state index contributed by atoms with van der Waals surface area (Å²) < 4.78 is 5.14. The molecule has 0 aromatic carbocycles. The van der Waals surface area contributed by atoms with Crippen LogP contribution < -0.4 is 10.1 Å². The maximum absolute atomic E-state index is 5.14. The molecule has 0 radical (unpaired) electrons. The molecule has 1 N–H and O–H groups in total. The van der Waals surface area contributed by atoms with Crippen LogP contribution in [0.4, 0.5) is 5.82 Å². The normalized spacial score (nSPS) is 12.1. The van der Waals surface area contributed by atoms with Gasteiger partial charge in [-0.15, -0.1) is 11.3 Å². The molecule has 5 heteroatoms. The Hall–Kier alpha value is -1.62. The van der Waals surface area contributed by atoms with Crippen molar-refractivity contribution in [3.63, 3.8) is 0 Å². The maximum Gasteiger partial charge on any atom is 0.130 e. The first-order chi connectivity index (χ1) is 7.79. The Morgan fingerprint density at radius 3 is 3.06 bits per heavy atom. The second-order valence-electron chi connectivity index (χ2n) is 3.35. The summed E-state index contributed by atoms with van der Waals surface area (Å²) in [5, 5.41) is 3.30. The molecule has 16 heavy (non-hydrogen) atoms. The molecule has 0 amide bonds. The Morgan fingerprint density at radius 2 is 2.38 bits per heavy atom. The number of pyridine rings is 1. The molecule has 84 valence electrons. The van der Waals surface area contributed by atoms with E-state index in [9.17, 15) is 0 Å². The number of methoxy groups -OCH3 is 1. The van der Waals surface area contributed by atoms with Gasteiger partial charge in [-0.1, -0.05) is 0 Å². The number of hydrogen-bond acceptors (Lipinski definition) is 5. The van der Waals surface area contributed by atoms with E-state index < -0.39 is 0 Å². The van der Waals surface area contributed by atoms with Gasteiger partial charge in [-0.2, -0.15) is 0 Å². The number of anilines is 1. The summed E-state index contributed by atoms with van der Waals surface area (Å²) in [4.78, 5) is 9.47. The average Bonchev–Trinajstić information content (AvgIpc) is 2.83. The maximum atomic E-state index is 5.14. The van der Waals surface area contributed by atoms with Crippen molar-refractivity contribution >= 4 is 17.2 Å². The summed E-state index contributed by atoms with van der Waals surface area (Å²) in [7, 11) is 1.64. The second-order valence-corrected chi connectivity index (χ2v) is 4.27. The van der Waals surface area contributed by atoms with E-state index in [4.69, 9.17) is 4.74 Å². The van der Waals surface area contributed by atoms with Crippen LogP contribution in [0.3, 0.4) is 0 Å². The van der Waals surface area contributed by atoms with Crippen molar-refractivity contribution in [2.75, 3.05) is 12.4 Å². The van der Waals surface area contributed by atoms with Crippen LogP contribution in [0.25, 0.3) is 0 Å². The number of thiazole rings is 1. The van der Waals surface area contributed by atoms with Crippen LogP contribution >= 0.6 is 11.3 Å². The number of aromatic nitrogens is 2. The van der Waals surface area contributed by atoms with E-state index in [1.165, 1.54) is 4.88 Å². The van der Waals surface area contributed by atoms with Crippen molar-refractivity contribution in [1.29, 1.82) is 0 Å². The lowest BCUT2D eigenvalue weighted by molar-refractivity contribution is 0.414. The van der Waals surface area contributed by atoms with E-state index in [-0.39, 0.29) is 6.04 Å². The summed E-state index contributed by atoms with van der Waals surface area (Å²) in [6, 6.07) is 3.90. The minimum absolute atomic E-state index is 0.201. The SMILES string of the molecule is COc1ccnc(NC(C)c2cncs2)c1. The molecule has 0 bridgehead atoms. The van der Waals surface area contributed by atoms with Gasteiger partial charge in [0.1, 0.15) is 11.6 Å². The summed E-state index contributed by atoms with van der Waals surface area (Å²) in [6.45, 7) is 2.08. The number of hydrogen-bond donors (Lipinski definition) is 1. The molecular weight excluding hydrogens is 222 g/mol. The molecule has 0 aliphatic carbocycles. The zero-order valence-electron chi connectivity index (χ0n) is 9.18. The molecule has 0 saturated heterocycles. The van der Waals surface area contributed by atoms with E-state index >= 15 is 0 Å². The quantitative estimate of drug-likeness (QED) is 0.885. The lowest BCUT2D eigenvalue weighted by Crippen LogP contribution is -2.06. The minimum atomic E-state index is 0.201. The number of rotatable bonds is 4. The second kappa shape index (κ2) is 4.94. The highest BCUT2D eigenvalue weighted by molar-refractivity contribution is 7.09. The van der Waals surface area contributed by atoms with Crippen molar-refractivity contribution in [1.82, 2.24) is 9.97 Å². The Labute approximate surface area is 98.3 Å². The topological polar surface area (TPSA) is 47.0 Å². The third-order valence-electron chi connectivity index (χ3n) is 2.21. The first-order valence-electron chi connectivity index (χ1n) is 4.94. The standard InChI is InChI=1S/C11H13N3OS/c1-8(10-6-12-7-16-10)14-11-5-9(15-2)3-4-13-11/h3-8H,1-2H3,(H,13,14). The van der Waals surface area contributed by atoms with Gasteiger partial charge in [-0.25, -0.2) is 4.98 Å². The largest absolute Gasteiger partial charge is 0.497 e. The highest BCUT2D eigenvalue weighted by Gasteiger charge is 2.07. The number of nitrogens with one attached hydrogen (secondary N) is 1. The van der Waals surface area contributed by atoms with E-state index in [0.717, 1.165) is 11.6 Å². The predicted octanol–water partition coefficient (Wildman–Crippen LogP) is 2.72. The van der Waals surface area contributed by atoms with Gasteiger partial charge in [0.05, 0.1) is 18.7 Å². The molecule has 1 atom stereocenters. The number of nitrogens with zero attached hydrogens (tertiary/aromatic N) is 2. The van der Waals surface area contributed by atoms with Gasteiger partial charge < -0.3 is 10.1 Å². The van der Waals surface area contributed by atoms with Gasteiger partial charge in [0.15, 0.2) is 0 Å². The molecule has 2 heterocycles. The van der Waals surface area contributed by atoms with Gasteiger partial charge in [-0.05, 0) is 13.0 Å². The molecule has 2 aromatic rings. The first-order valence-corrected chi connectivity index (χ1v) is 5.82. The van der Waals surface area contributed by atoms with Crippen LogP contribution in [0, 0.1) is 0 Å². The monoisotopic (exact) mass is 235 g/mol. The fourth-order valence-corrected chi connectivity index (χ4v) is 1.98. The van der Waals surface area contributed by atoms with Gasteiger partial charge in [-0.3, -0.25) is 4.98 Å². The lowest BCUT2D eigenvalue weighted by Gasteiger charge is -2.12. The molecule has 0 saturated carbocycles. The highest BCUT2D eigenvalue weighted by atomic mass is 32.1. The first kappa shape index (κ1) is 10.9. The fourth-order valence-electron chi connectivity index (χ4n) is 1.35. The predicted molar refractivity (Wildman–Crippen MR) is 64.9 cm³/mol. The van der Waals surface area contributed by atoms with Crippen LogP contribution in [0.15, 0.2) is 30.0 Å². The summed E-state index contributed by atoms with van der Waals surface area (Å²) in [5.41, 5.74) is 1.83. The smallest absolute Gasteiger partial charge is 0.130 e. The van der Waals surface area contributed by atoms with Crippen molar-refractivity contribution < 1.29 is 4.74 Å². The third kappa shape index (κ3) is 2.49. The molecule has 4 nitrogen and oxygen atoms in total. The van der Waals surface area contributed by atoms with Gasteiger partial charge in [0, 0.05) is 23.3 Å². The molecule has 1 unspecified atom stereocenters. The molecular formula is C11H13N3OS. The van der Waals surface area contributed by atoms with Crippen LogP contribution in [0.5, 0.6) is 5.75 Å². The third-order valence-corrected chi connectivity index (χ3v) is 3.17. The van der Waals surface area contributed by atoms with E-state index in [1.807, 2.05) is 23.8 Å². The van der Waals surface area contributed by atoms with E-state index in [0.29, 0.717) is 0 Å². The fraction of sp³-hybridized carbons (Fsp3) is 0.273. The van der Waals surface area contributed by atoms with E-state index in [2.05, 4.69) is 22.2 Å². The van der Waals surface area contributed by atoms with Gasteiger partial charge >= 0.3 is 0 Å². The summed E-state index contributed by atoms with van der Waals surface area (Å²) in [5.74, 6) is 1.61. The summed E-state index contributed by atoms with van der Waals surface area (Å²) >= 11 is 1.63. The van der Waals surface area contributed by atoms with Crippen molar-refractivity contribution in [3.05, 3.63) is 34.9 Å². The van der Waals surface area contributed by atoms with Crippen LogP contribution in [0.2, 0.25) is 0 Å². The zero-order valence-corrected chi connectivity index (χ0v) is 9.99. The molecule has 2 aromatic heterocycles. The Kier molecular flexibility index (Phi) is 3.36. The average molecular weight is 235 g/mol. The van der Waals surface area contributed by atoms with Gasteiger partial charge in [0.2, 0.25) is 0 Å². The molecule has 0 aliphatic rings. The van der Waals surface area contributed by atoms with Crippen LogP contribution in [0.1, 0.15) is 17.8 Å². The zero-order chi connectivity index (χ0) is 11.4. The van der Waals surface area contributed by atoms with Crippen molar-refractivity contribution in [3.8, 4) is 5.75 Å². The highest BCUT2D eigenvalue weighted by Crippen LogP contribution is 2.22. The molecule has 0 aliphatic heterocycles. The number of ether oxygens (including phenoxy) is 1. The van der Waals surface area contributed by atoms with Crippen molar-refractivity contribution in [2.24, 2.45) is 0 Å². The van der Waals surface area contributed by atoms with E-state index in [1.54, 1.807) is 24.6 Å². The molecule has 2 rings (SSSR count). The summed E-state index contributed by atoms with van der Waals surface area (Å²) in [6.07, 6.45) is 3.59. The lowest BCUT2D eigenvalue weighted by atomic mass is 10.3. The minimum Gasteiger partial charge on any atom is -0.497 e. The molecule has 0 spiro atoms. The molecule has 0 fully saturated rings. The van der Waals surface area contributed by atoms with Crippen molar-refractivity contribution in [2.45, 2.75) is 13.0 Å². The Morgan fingerprint density at radius 1 is 1.50 bits per heavy atom. The van der Waals surface area contributed by atoms with Crippen LogP contribution in [-0.2, 0) is 0 Å². The van der Waals surface area contributed by atoms with Gasteiger partial charge in [0.25, 0.3) is 0 Å². The Bertz CT molecular complexity index is 444. The van der Waals surface area contributed by atoms with Crippen LogP contribution in [-0.4, -0.2) is 17.1 Å².